The molecule has 5 nitrogen and oxygen atoms in total. The molecule has 1 saturated carbocycles. The number of rotatable bonds is 10. The highest BCUT2D eigenvalue weighted by molar-refractivity contribution is 7.99. The average molecular weight is 470 g/mol. The number of carbonyl (C=O) groups is 1. The van der Waals surface area contributed by atoms with Crippen LogP contribution in [0.4, 0.5) is 4.79 Å². The molecule has 1 amide bonds. The molecule has 3 aliphatic rings. The zero-order chi connectivity index (χ0) is 23.1. The molecule has 0 radical (unpaired) electrons. The van der Waals surface area contributed by atoms with Gasteiger partial charge in [-0.2, -0.15) is 0 Å². The molecule has 8 atom stereocenters. The van der Waals surface area contributed by atoms with E-state index in [1.54, 1.807) is 4.90 Å². The number of ether oxygens (including phenoxy) is 3. The number of thioether (sulfide) groups is 1. The van der Waals surface area contributed by atoms with Crippen molar-refractivity contribution in [2.45, 2.75) is 104 Å². The van der Waals surface area contributed by atoms with Crippen LogP contribution in [0.2, 0.25) is 0 Å². The minimum atomic E-state index is -0.179. The van der Waals surface area contributed by atoms with Crippen molar-refractivity contribution in [1.29, 1.82) is 0 Å². The van der Waals surface area contributed by atoms with Crippen LogP contribution in [0.25, 0.3) is 0 Å². The molecule has 8 unspecified atom stereocenters. The fourth-order valence-corrected chi connectivity index (χ4v) is 7.43. The molecule has 32 heavy (non-hydrogen) atoms. The fourth-order valence-electron chi connectivity index (χ4n) is 6.13. The Kier molecular flexibility index (Phi) is 10.5. The monoisotopic (exact) mass is 469 g/mol. The Morgan fingerprint density at radius 3 is 2.41 bits per heavy atom. The summed E-state index contributed by atoms with van der Waals surface area (Å²) >= 11 is 2.00. The quantitative estimate of drug-likeness (QED) is 0.339. The zero-order valence-corrected chi connectivity index (χ0v) is 21.9. The standard InChI is InChI=1S/C26H47NO4S/c1-6-27(7-2)26(28)29-16-10-8-9-11-17-32-25-20(5)22-14-12-18(3)21-15-13-19(4)30-24(31-25)23(21)22/h18-25H,6-17H2,1-5H3. The normalized spacial score (nSPS) is 36.8. The molecule has 3 fully saturated rings. The van der Waals surface area contributed by atoms with Crippen molar-refractivity contribution in [3.05, 3.63) is 0 Å². The molecule has 1 aliphatic carbocycles. The van der Waals surface area contributed by atoms with Crippen molar-refractivity contribution < 1.29 is 19.0 Å². The topological polar surface area (TPSA) is 48.0 Å². The number of unbranched alkanes of at least 4 members (excludes halogenated alkanes) is 3. The van der Waals surface area contributed by atoms with Gasteiger partial charge in [-0.25, -0.2) is 4.79 Å². The lowest BCUT2D eigenvalue weighted by molar-refractivity contribution is -0.258. The van der Waals surface area contributed by atoms with E-state index in [0.29, 0.717) is 37.6 Å². The summed E-state index contributed by atoms with van der Waals surface area (Å²) in [7, 11) is 0. The third-order valence-electron chi connectivity index (χ3n) is 8.20. The summed E-state index contributed by atoms with van der Waals surface area (Å²) < 4.78 is 18.4. The summed E-state index contributed by atoms with van der Waals surface area (Å²) in [6.07, 6.45) is 9.75. The third kappa shape index (κ3) is 6.56. The summed E-state index contributed by atoms with van der Waals surface area (Å²) in [5, 5.41) is 0. The van der Waals surface area contributed by atoms with E-state index in [1.807, 2.05) is 25.6 Å². The Balaban J connectivity index is 1.37. The van der Waals surface area contributed by atoms with Crippen LogP contribution in [-0.4, -0.2) is 54.3 Å². The third-order valence-corrected chi connectivity index (χ3v) is 9.60. The molecule has 3 rings (SSSR count). The van der Waals surface area contributed by atoms with Gasteiger partial charge in [-0.05, 0) is 82.3 Å². The van der Waals surface area contributed by atoms with E-state index in [2.05, 4.69) is 20.8 Å². The molecule has 6 heteroatoms. The molecule has 0 N–H and O–H groups in total. The van der Waals surface area contributed by atoms with Gasteiger partial charge in [0.1, 0.15) is 5.44 Å². The largest absolute Gasteiger partial charge is 0.449 e. The van der Waals surface area contributed by atoms with Gasteiger partial charge in [0.15, 0.2) is 6.29 Å². The maximum absolute atomic E-state index is 11.9. The van der Waals surface area contributed by atoms with E-state index in [1.165, 1.54) is 38.5 Å². The van der Waals surface area contributed by atoms with Crippen LogP contribution in [0.1, 0.15) is 86.0 Å². The maximum Gasteiger partial charge on any atom is 0.409 e. The Labute approximate surface area is 200 Å². The summed E-state index contributed by atoms with van der Waals surface area (Å²) in [5.74, 6) is 4.65. The van der Waals surface area contributed by atoms with Crippen LogP contribution < -0.4 is 0 Å². The first-order valence-corrected chi connectivity index (χ1v) is 14.3. The molecular weight excluding hydrogens is 422 g/mol. The molecule has 0 aromatic carbocycles. The highest BCUT2D eigenvalue weighted by Crippen LogP contribution is 2.53. The molecule has 186 valence electrons. The van der Waals surface area contributed by atoms with Crippen molar-refractivity contribution in [3.63, 3.8) is 0 Å². The van der Waals surface area contributed by atoms with E-state index >= 15 is 0 Å². The van der Waals surface area contributed by atoms with Crippen LogP contribution in [0, 0.1) is 29.6 Å². The van der Waals surface area contributed by atoms with Crippen molar-refractivity contribution in [2.75, 3.05) is 25.4 Å². The molecule has 0 spiro atoms. The van der Waals surface area contributed by atoms with Gasteiger partial charge in [0, 0.05) is 19.0 Å². The van der Waals surface area contributed by atoms with Gasteiger partial charge in [0.25, 0.3) is 0 Å². The summed E-state index contributed by atoms with van der Waals surface area (Å²) in [4.78, 5) is 13.6. The van der Waals surface area contributed by atoms with Crippen LogP contribution in [0.5, 0.6) is 0 Å². The molecule has 0 aromatic rings. The maximum atomic E-state index is 11.9. The SMILES string of the molecule is CCN(CC)C(=O)OCCCCCCSC1OC2OC(C)CCC3C(C)CCC(C1C)C23. The Bertz CT molecular complexity index is 572. The average Bonchev–Trinajstić information content (AvgIpc) is 2.94. The summed E-state index contributed by atoms with van der Waals surface area (Å²) in [6, 6.07) is 0. The Morgan fingerprint density at radius 1 is 0.938 bits per heavy atom. The molecule has 2 heterocycles. The Hall–Kier alpha value is -0.460. The number of hydrogen-bond acceptors (Lipinski definition) is 5. The lowest BCUT2D eigenvalue weighted by Gasteiger charge is -2.52. The van der Waals surface area contributed by atoms with Crippen LogP contribution in [0.3, 0.4) is 0 Å². The Morgan fingerprint density at radius 2 is 1.66 bits per heavy atom. The smallest absolute Gasteiger partial charge is 0.409 e. The zero-order valence-electron chi connectivity index (χ0n) is 21.1. The fraction of sp³-hybridized carbons (Fsp3) is 0.962. The highest BCUT2D eigenvalue weighted by atomic mass is 32.2. The first-order chi connectivity index (χ1) is 15.5. The number of carbonyl (C=O) groups excluding carboxylic acids is 1. The van der Waals surface area contributed by atoms with Gasteiger partial charge in [-0.15, -0.1) is 11.8 Å². The minimum absolute atomic E-state index is 0.000516. The van der Waals surface area contributed by atoms with E-state index in [-0.39, 0.29) is 17.8 Å². The summed E-state index contributed by atoms with van der Waals surface area (Å²) in [5.41, 5.74) is 0.260. The van der Waals surface area contributed by atoms with Gasteiger partial charge in [0.2, 0.25) is 0 Å². The van der Waals surface area contributed by atoms with Crippen molar-refractivity contribution >= 4 is 17.9 Å². The van der Waals surface area contributed by atoms with Crippen molar-refractivity contribution in [2.24, 2.45) is 29.6 Å². The second kappa shape index (κ2) is 12.9. The second-order valence-corrected chi connectivity index (χ2v) is 11.5. The minimum Gasteiger partial charge on any atom is -0.449 e. The molecule has 2 saturated heterocycles. The summed E-state index contributed by atoms with van der Waals surface area (Å²) in [6.45, 7) is 13.0. The highest BCUT2D eigenvalue weighted by Gasteiger charge is 2.52. The van der Waals surface area contributed by atoms with E-state index in [0.717, 1.165) is 36.3 Å². The predicted octanol–water partition coefficient (Wildman–Crippen LogP) is 6.55. The first kappa shape index (κ1) is 26.2. The molecule has 0 aromatic heterocycles. The van der Waals surface area contributed by atoms with Gasteiger partial charge in [-0.1, -0.05) is 33.1 Å². The lowest BCUT2D eigenvalue weighted by Crippen LogP contribution is -2.52. The van der Waals surface area contributed by atoms with Crippen molar-refractivity contribution in [1.82, 2.24) is 4.90 Å². The van der Waals surface area contributed by atoms with Crippen LogP contribution in [-0.2, 0) is 14.2 Å². The van der Waals surface area contributed by atoms with Gasteiger partial charge >= 0.3 is 6.09 Å². The molecule has 2 aliphatic heterocycles. The van der Waals surface area contributed by atoms with Crippen molar-refractivity contribution in [3.8, 4) is 0 Å². The number of hydrogen-bond donors (Lipinski definition) is 0. The lowest BCUT2D eigenvalue weighted by atomic mass is 9.61. The van der Waals surface area contributed by atoms with Gasteiger partial charge in [-0.3, -0.25) is 0 Å². The predicted molar refractivity (Wildman–Crippen MR) is 132 cm³/mol. The van der Waals surface area contributed by atoms with Crippen LogP contribution >= 0.6 is 11.8 Å². The second-order valence-electron chi connectivity index (χ2n) is 10.3. The van der Waals surface area contributed by atoms with E-state index in [4.69, 9.17) is 14.2 Å². The van der Waals surface area contributed by atoms with Gasteiger partial charge in [0.05, 0.1) is 12.7 Å². The molecule has 0 bridgehead atoms. The van der Waals surface area contributed by atoms with E-state index in [9.17, 15) is 4.79 Å². The number of nitrogens with zero attached hydrogens (tertiary/aromatic N) is 1. The molecular formula is C26H47NO4S. The van der Waals surface area contributed by atoms with E-state index < -0.39 is 0 Å². The first-order valence-electron chi connectivity index (χ1n) is 13.3. The van der Waals surface area contributed by atoms with Gasteiger partial charge < -0.3 is 19.1 Å². The number of amides is 1. The van der Waals surface area contributed by atoms with Crippen LogP contribution in [0.15, 0.2) is 0 Å².